The maximum Gasteiger partial charge on any atom is 0.120 e. The summed E-state index contributed by atoms with van der Waals surface area (Å²) in [4.78, 5) is 0. The van der Waals surface area contributed by atoms with Crippen molar-refractivity contribution >= 4 is 22.0 Å². The molecule has 18 heavy (non-hydrogen) atoms. The van der Waals surface area contributed by atoms with E-state index in [-0.39, 0.29) is 0 Å². The van der Waals surface area contributed by atoms with Crippen LogP contribution >= 0.6 is 15.9 Å². The maximum atomic E-state index is 5.76. The molecule has 0 radical (unpaired) electrons. The van der Waals surface area contributed by atoms with Gasteiger partial charge in [0.05, 0.1) is 0 Å². The van der Waals surface area contributed by atoms with E-state index in [0.717, 1.165) is 22.2 Å². The van der Waals surface area contributed by atoms with Crippen molar-refractivity contribution in [1.29, 1.82) is 0 Å². The lowest BCUT2D eigenvalue weighted by Gasteiger charge is -2.07. The molecule has 1 nitrogen and oxygen atoms in total. The summed E-state index contributed by atoms with van der Waals surface area (Å²) in [5.74, 6) is 0.903. The van der Waals surface area contributed by atoms with Gasteiger partial charge in [0.25, 0.3) is 0 Å². The molecule has 2 rings (SSSR count). The number of hydrogen-bond donors (Lipinski definition) is 0. The van der Waals surface area contributed by atoms with E-state index < -0.39 is 0 Å². The summed E-state index contributed by atoms with van der Waals surface area (Å²) in [6.45, 7) is 4.32. The Balaban J connectivity index is 1.99. The van der Waals surface area contributed by atoms with Crippen molar-refractivity contribution in [1.82, 2.24) is 0 Å². The first-order chi connectivity index (χ1) is 8.81. The molecule has 0 saturated heterocycles. The Morgan fingerprint density at radius 3 is 2.50 bits per heavy atom. The van der Waals surface area contributed by atoms with Crippen LogP contribution in [0.25, 0.3) is 6.08 Å². The molecule has 0 aromatic heterocycles. The highest BCUT2D eigenvalue weighted by Gasteiger charge is 1.97. The minimum Gasteiger partial charge on any atom is -0.489 e. The van der Waals surface area contributed by atoms with Crippen molar-refractivity contribution in [3.05, 3.63) is 71.8 Å². The van der Waals surface area contributed by atoms with Crippen LogP contribution in [-0.2, 0) is 11.9 Å². The number of benzene rings is 2. The predicted molar refractivity (Wildman–Crippen MR) is 79.9 cm³/mol. The van der Waals surface area contributed by atoms with Crippen LogP contribution in [0.5, 0.6) is 5.75 Å². The third-order valence-electron chi connectivity index (χ3n) is 2.67. The average Bonchev–Trinajstić information content (AvgIpc) is 2.46. The van der Waals surface area contributed by atoms with Crippen LogP contribution in [-0.4, -0.2) is 0 Å². The average molecular weight is 303 g/mol. The Kier molecular flexibility index (Phi) is 4.59. The molecule has 0 aliphatic heterocycles. The van der Waals surface area contributed by atoms with E-state index >= 15 is 0 Å². The monoisotopic (exact) mass is 302 g/mol. The van der Waals surface area contributed by atoms with E-state index in [2.05, 4.69) is 40.7 Å². The molecule has 0 fully saturated rings. The van der Waals surface area contributed by atoms with Gasteiger partial charge >= 0.3 is 0 Å². The Labute approximate surface area is 116 Å². The van der Waals surface area contributed by atoms with E-state index in [9.17, 15) is 0 Å². The lowest BCUT2D eigenvalue weighted by molar-refractivity contribution is 0.306. The molecule has 0 saturated carbocycles. The molecular weight excluding hydrogens is 288 g/mol. The summed E-state index contributed by atoms with van der Waals surface area (Å²) in [5, 5.41) is 0.845. The molecule has 0 unspecified atom stereocenters. The SMILES string of the molecule is C=Cc1ccc(COc2cccc(CBr)c2)cc1. The van der Waals surface area contributed by atoms with Crippen LogP contribution in [0.2, 0.25) is 0 Å². The van der Waals surface area contributed by atoms with Crippen molar-refractivity contribution in [3.8, 4) is 5.75 Å². The molecule has 92 valence electrons. The van der Waals surface area contributed by atoms with E-state index in [0.29, 0.717) is 6.61 Å². The predicted octanol–water partition coefficient (Wildman–Crippen LogP) is 4.80. The molecule has 0 aliphatic carbocycles. The van der Waals surface area contributed by atoms with Gasteiger partial charge in [-0.05, 0) is 28.8 Å². The zero-order valence-electron chi connectivity index (χ0n) is 10.1. The van der Waals surface area contributed by atoms with E-state index in [1.54, 1.807) is 0 Å². The number of rotatable bonds is 5. The van der Waals surface area contributed by atoms with Gasteiger partial charge in [-0.2, -0.15) is 0 Å². The van der Waals surface area contributed by atoms with Crippen LogP contribution in [0.15, 0.2) is 55.1 Å². The van der Waals surface area contributed by atoms with Gasteiger partial charge in [-0.3, -0.25) is 0 Å². The third-order valence-corrected chi connectivity index (χ3v) is 3.32. The largest absolute Gasteiger partial charge is 0.489 e. The van der Waals surface area contributed by atoms with Crippen LogP contribution < -0.4 is 4.74 Å². The number of halogens is 1. The van der Waals surface area contributed by atoms with Crippen LogP contribution in [0.1, 0.15) is 16.7 Å². The first-order valence-electron chi connectivity index (χ1n) is 5.81. The Bertz CT molecular complexity index is 517. The highest BCUT2D eigenvalue weighted by atomic mass is 79.9. The molecule has 2 heteroatoms. The lowest BCUT2D eigenvalue weighted by Crippen LogP contribution is -1.95. The van der Waals surface area contributed by atoms with E-state index in [1.807, 2.05) is 36.4 Å². The smallest absolute Gasteiger partial charge is 0.120 e. The number of alkyl halides is 1. The molecule has 0 N–H and O–H groups in total. The fraction of sp³-hybridized carbons (Fsp3) is 0.125. The van der Waals surface area contributed by atoms with Gasteiger partial charge in [-0.1, -0.05) is 65.0 Å². The van der Waals surface area contributed by atoms with Crippen molar-refractivity contribution in [2.45, 2.75) is 11.9 Å². The Morgan fingerprint density at radius 1 is 1.06 bits per heavy atom. The summed E-state index contributed by atoms with van der Waals surface area (Å²) in [5.41, 5.74) is 3.50. The molecular formula is C16H15BrO. The van der Waals surface area contributed by atoms with Crippen molar-refractivity contribution in [2.75, 3.05) is 0 Å². The molecule has 2 aromatic carbocycles. The van der Waals surface area contributed by atoms with Gasteiger partial charge in [-0.25, -0.2) is 0 Å². The molecule has 0 amide bonds. The van der Waals surface area contributed by atoms with Gasteiger partial charge in [-0.15, -0.1) is 0 Å². The molecule has 0 spiro atoms. The van der Waals surface area contributed by atoms with Gasteiger partial charge in [0, 0.05) is 5.33 Å². The Hall–Kier alpha value is -1.54. The van der Waals surface area contributed by atoms with E-state index in [1.165, 1.54) is 5.56 Å². The summed E-state index contributed by atoms with van der Waals surface area (Å²) in [7, 11) is 0. The molecule has 0 bridgehead atoms. The second kappa shape index (κ2) is 6.41. The highest BCUT2D eigenvalue weighted by molar-refractivity contribution is 9.08. The van der Waals surface area contributed by atoms with Crippen LogP contribution in [0.4, 0.5) is 0 Å². The minimum atomic E-state index is 0.586. The summed E-state index contributed by atoms with van der Waals surface area (Å²) in [6.07, 6.45) is 1.84. The number of ether oxygens (including phenoxy) is 1. The van der Waals surface area contributed by atoms with Crippen molar-refractivity contribution in [3.63, 3.8) is 0 Å². The van der Waals surface area contributed by atoms with Gasteiger partial charge < -0.3 is 4.74 Å². The zero-order chi connectivity index (χ0) is 12.8. The number of hydrogen-bond acceptors (Lipinski definition) is 1. The van der Waals surface area contributed by atoms with Crippen LogP contribution in [0, 0.1) is 0 Å². The summed E-state index contributed by atoms with van der Waals surface area (Å²) < 4.78 is 5.76. The highest BCUT2D eigenvalue weighted by Crippen LogP contribution is 2.17. The molecule has 0 aliphatic rings. The van der Waals surface area contributed by atoms with Gasteiger partial charge in [0.15, 0.2) is 0 Å². The first-order valence-corrected chi connectivity index (χ1v) is 6.93. The fourth-order valence-electron chi connectivity index (χ4n) is 1.64. The maximum absolute atomic E-state index is 5.76. The lowest BCUT2D eigenvalue weighted by atomic mass is 10.1. The van der Waals surface area contributed by atoms with Gasteiger partial charge in [0.1, 0.15) is 12.4 Å². The normalized spacial score (nSPS) is 10.1. The minimum absolute atomic E-state index is 0.586. The van der Waals surface area contributed by atoms with Crippen LogP contribution in [0.3, 0.4) is 0 Å². The molecule has 0 atom stereocenters. The quantitative estimate of drug-likeness (QED) is 0.721. The fourth-order valence-corrected chi connectivity index (χ4v) is 1.98. The molecule has 0 heterocycles. The van der Waals surface area contributed by atoms with E-state index in [4.69, 9.17) is 4.74 Å². The zero-order valence-corrected chi connectivity index (χ0v) is 11.7. The summed E-state index contributed by atoms with van der Waals surface area (Å²) in [6, 6.07) is 16.3. The third kappa shape index (κ3) is 3.47. The molecule has 2 aromatic rings. The van der Waals surface area contributed by atoms with Crippen molar-refractivity contribution in [2.24, 2.45) is 0 Å². The second-order valence-corrected chi connectivity index (χ2v) is 4.58. The van der Waals surface area contributed by atoms with Gasteiger partial charge in [0.2, 0.25) is 0 Å². The second-order valence-electron chi connectivity index (χ2n) is 4.02. The topological polar surface area (TPSA) is 9.23 Å². The van der Waals surface area contributed by atoms with Crippen molar-refractivity contribution < 1.29 is 4.74 Å². The Morgan fingerprint density at radius 2 is 1.83 bits per heavy atom. The summed E-state index contributed by atoms with van der Waals surface area (Å²) >= 11 is 3.44. The first kappa shape index (κ1) is 12.9. The standard InChI is InChI=1S/C16H15BrO/c1-2-13-6-8-14(9-7-13)12-18-16-5-3-4-15(10-16)11-17/h2-10H,1,11-12H2.